The molecule has 0 saturated carbocycles. The van der Waals surface area contributed by atoms with E-state index in [2.05, 4.69) is 15.4 Å². The van der Waals surface area contributed by atoms with Gasteiger partial charge in [-0.05, 0) is 18.2 Å². The number of aryl methyl sites for hydroxylation is 1. The SMILES string of the molecule is Cn1ccc(CCNc2ccc(C#N)nc2)n1. The molecule has 0 bridgehead atoms. The molecule has 17 heavy (non-hydrogen) atoms. The van der Waals surface area contributed by atoms with Crippen molar-refractivity contribution in [1.29, 1.82) is 5.26 Å². The van der Waals surface area contributed by atoms with Crippen molar-refractivity contribution < 1.29 is 0 Å². The summed E-state index contributed by atoms with van der Waals surface area (Å²) in [6.45, 7) is 0.796. The molecule has 86 valence electrons. The molecule has 2 heterocycles. The van der Waals surface area contributed by atoms with E-state index in [1.165, 1.54) is 0 Å². The van der Waals surface area contributed by atoms with Gasteiger partial charge in [0.1, 0.15) is 11.8 Å². The number of nitrogens with zero attached hydrogens (tertiary/aromatic N) is 4. The number of nitriles is 1. The smallest absolute Gasteiger partial charge is 0.140 e. The van der Waals surface area contributed by atoms with E-state index in [1.807, 2.05) is 31.4 Å². The Hall–Kier alpha value is -2.35. The molecule has 0 spiro atoms. The first kappa shape index (κ1) is 11.1. The highest BCUT2D eigenvalue weighted by Gasteiger charge is 1.97. The zero-order chi connectivity index (χ0) is 12.1. The summed E-state index contributed by atoms with van der Waals surface area (Å²) in [4.78, 5) is 3.98. The molecule has 0 aliphatic heterocycles. The quantitative estimate of drug-likeness (QED) is 0.856. The molecule has 0 aliphatic carbocycles. The van der Waals surface area contributed by atoms with Gasteiger partial charge < -0.3 is 5.32 Å². The number of hydrogen-bond acceptors (Lipinski definition) is 4. The monoisotopic (exact) mass is 227 g/mol. The van der Waals surface area contributed by atoms with Gasteiger partial charge in [-0.1, -0.05) is 0 Å². The number of hydrogen-bond donors (Lipinski definition) is 1. The highest BCUT2D eigenvalue weighted by atomic mass is 15.2. The molecule has 0 saturated heterocycles. The lowest BCUT2D eigenvalue weighted by Gasteiger charge is -2.04. The summed E-state index contributed by atoms with van der Waals surface area (Å²) in [5, 5.41) is 16.1. The molecule has 0 amide bonds. The van der Waals surface area contributed by atoms with E-state index in [0.717, 1.165) is 24.3 Å². The van der Waals surface area contributed by atoms with Crippen LogP contribution in [0.3, 0.4) is 0 Å². The van der Waals surface area contributed by atoms with Crippen molar-refractivity contribution in [2.24, 2.45) is 7.05 Å². The van der Waals surface area contributed by atoms with Crippen LogP contribution in [0.5, 0.6) is 0 Å². The molecular weight excluding hydrogens is 214 g/mol. The summed E-state index contributed by atoms with van der Waals surface area (Å²) in [7, 11) is 1.90. The van der Waals surface area contributed by atoms with E-state index < -0.39 is 0 Å². The molecular formula is C12H13N5. The van der Waals surface area contributed by atoms with Gasteiger partial charge >= 0.3 is 0 Å². The van der Waals surface area contributed by atoms with E-state index in [0.29, 0.717) is 5.69 Å². The topological polar surface area (TPSA) is 66.5 Å². The van der Waals surface area contributed by atoms with Gasteiger partial charge in [-0.25, -0.2) is 4.98 Å². The number of anilines is 1. The first-order chi connectivity index (χ1) is 8.28. The van der Waals surface area contributed by atoms with Gasteiger partial charge in [0.2, 0.25) is 0 Å². The molecule has 0 unspecified atom stereocenters. The zero-order valence-corrected chi connectivity index (χ0v) is 9.59. The van der Waals surface area contributed by atoms with Crippen LogP contribution in [0.15, 0.2) is 30.6 Å². The van der Waals surface area contributed by atoms with Crippen LogP contribution in [0.1, 0.15) is 11.4 Å². The van der Waals surface area contributed by atoms with Crippen molar-refractivity contribution in [2.45, 2.75) is 6.42 Å². The lowest BCUT2D eigenvalue weighted by molar-refractivity contribution is 0.742. The summed E-state index contributed by atoms with van der Waals surface area (Å²) in [6.07, 6.45) is 4.45. The molecule has 0 atom stereocenters. The van der Waals surface area contributed by atoms with Gasteiger partial charge in [0, 0.05) is 26.2 Å². The molecule has 0 aliphatic rings. The van der Waals surface area contributed by atoms with Crippen molar-refractivity contribution in [1.82, 2.24) is 14.8 Å². The highest BCUT2D eigenvalue weighted by Crippen LogP contribution is 2.05. The minimum atomic E-state index is 0.431. The Bertz CT molecular complexity index is 521. The number of nitrogens with one attached hydrogen (secondary N) is 1. The van der Waals surface area contributed by atoms with E-state index in [-0.39, 0.29) is 0 Å². The predicted molar refractivity (Wildman–Crippen MR) is 64.4 cm³/mol. The van der Waals surface area contributed by atoms with Crippen LogP contribution in [0.2, 0.25) is 0 Å². The minimum Gasteiger partial charge on any atom is -0.383 e. The second-order valence-corrected chi connectivity index (χ2v) is 3.70. The molecule has 0 fully saturated rings. The van der Waals surface area contributed by atoms with Gasteiger partial charge in [-0.15, -0.1) is 0 Å². The summed E-state index contributed by atoms with van der Waals surface area (Å²) < 4.78 is 1.79. The minimum absolute atomic E-state index is 0.431. The van der Waals surface area contributed by atoms with E-state index in [9.17, 15) is 0 Å². The van der Waals surface area contributed by atoms with Crippen LogP contribution in [-0.4, -0.2) is 21.3 Å². The molecule has 5 heteroatoms. The number of aromatic nitrogens is 3. The largest absolute Gasteiger partial charge is 0.383 e. The van der Waals surface area contributed by atoms with Crippen LogP contribution in [0, 0.1) is 11.3 Å². The first-order valence-corrected chi connectivity index (χ1v) is 5.36. The van der Waals surface area contributed by atoms with Crippen molar-refractivity contribution >= 4 is 5.69 Å². The van der Waals surface area contributed by atoms with E-state index >= 15 is 0 Å². The molecule has 2 rings (SSSR count). The Labute approximate surface area is 99.7 Å². The van der Waals surface area contributed by atoms with Crippen molar-refractivity contribution in [3.05, 3.63) is 42.0 Å². The van der Waals surface area contributed by atoms with E-state index in [4.69, 9.17) is 5.26 Å². The third-order valence-electron chi connectivity index (χ3n) is 2.36. The molecule has 2 aromatic rings. The van der Waals surface area contributed by atoms with Gasteiger partial charge in [0.05, 0.1) is 17.6 Å². The van der Waals surface area contributed by atoms with Crippen molar-refractivity contribution in [2.75, 3.05) is 11.9 Å². The second-order valence-electron chi connectivity index (χ2n) is 3.70. The Morgan fingerprint density at radius 2 is 2.29 bits per heavy atom. The summed E-state index contributed by atoms with van der Waals surface area (Å²) in [5.41, 5.74) is 2.40. The summed E-state index contributed by atoms with van der Waals surface area (Å²) >= 11 is 0. The van der Waals surface area contributed by atoms with Gasteiger partial charge in [-0.3, -0.25) is 4.68 Å². The Morgan fingerprint density at radius 1 is 1.41 bits per heavy atom. The molecule has 1 N–H and O–H groups in total. The van der Waals surface area contributed by atoms with E-state index in [1.54, 1.807) is 16.9 Å². The van der Waals surface area contributed by atoms with Crippen LogP contribution in [0.25, 0.3) is 0 Å². The Balaban J connectivity index is 1.84. The molecule has 0 radical (unpaired) electrons. The second kappa shape index (κ2) is 5.12. The van der Waals surface area contributed by atoms with Crippen LogP contribution in [0.4, 0.5) is 5.69 Å². The Morgan fingerprint density at radius 3 is 2.88 bits per heavy atom. The summed E-state index contributed by atoms with van der Waals surface area (Å²) in [5.74, 6) is 0. The number of pyridine rings is 1. The summed E-state index contributed by atoms with van der Waals surface area (Å²) in [6, 6.07) is 7.53. The van der Waals surface area contributed by atoms with Gasteiger partial charge in [0.25, 0.3) is 0 Å². The third kappa shape index (κ3) is 3.05. The Kier molecular flexibility index (Phi) is 3.36. The maximum Gasteiger partial charge on any atom is 0.140 e. The molecule has 5 nitrogen and oxygen atoms in total. The van der Waals surface area contributed by atoms with Crippen LogP contribution in [-0.2, 0) is 13.5 Å². The number of rotatable bonds is 4. The lowest BCUT2D eigenvalue weighted by atomic mass is 10.3. The average molecular weight is 227 g/mol. The first-order valence-electron chi connectivity index (χ1n) is 5.36. The maximum absolute atomic E-state index is 8.61. The van der Waals surface area contributed by atoms with Gasteiger partial charge in [-0.2, -0.15) is 10.4 Å². The third-order valence-corrected chi connectivity index (χ3v) is 2.36. The molecule has 0 aromatic carbocycles. The maximum atomic E-state index is 8.61. The predicted octanol–water partition coefficient (Wildman–Crippen LogP) is 1.34. The molecule has 2 aromatic heterocycles. The van der Waals surface area contributed by atoms with Crippen molar-refractivity contribution in [3.8, 4) is 6.07 Å². The zero-order valence-electron chi connectivity index (χ0n) is 9.59. The fourth-order valence-corrected chi connectivity index (χ4v) is 1.50. The normalized spacial score (nSPS) is 9.88. The highest BCUT2D eigenvalue weighted by molar-refractivity contribution is 5.42. The van der Waals surface area contributed by atoms with Crippen molar-refractivity contribution in [3.63, 3.8) is 0 Å². The standard InChI is InChI=1S/C12H13N5/c1-17-7-5-10(16-17)4-6-14-12-3-2-11(8-13)15-9-12/h2-3,5,7,9,14H,4,6H2,1H3. The van der Waals surface area contributed by atoms with Crippen LogP contribution >= 0.6 is 0 Å². The average Bonchev–Trinajstić information content (AvgIpc) is 2.76. The fraction of sp³-hybridized carbons (Fsp3) is 0.250. The van der Waals surface area contributed by atoms with Gasteiger partial charge in [0.15, 0.2) is 0 Å². The fourth-order valence-electron chi connectivity index (χ4n) is 1.50. The van der Waals surface area contributed by atoms with Crippen LogP contribution < -0.4 is 5.32 Å². The lowest BCUT2D eigenvalue weighted by Crippen LogP contribution is -2.06.